The number of aryl methyl sites for hydroxylation is 1. The van der Waals surface area contributed by atoms with Gasteiger partial charge in [0.05, 0.1) is 12.5 Å². The first kappa shape index (κ1) is 20.7. The van der Waals surface area contributed by atoms with Gasteiger partial charge in [0.2, 0.25) is 0 Å². The Balaban J connectivity index is 1.84. The van der Waals surface area contributed by atoms with Crippen LogP contribution in [-0.2, 0) is 12.8 Å². The molecule has 0 saturated carbocycles. The summed E-state index contributed by atoms with van der Waals surface area (Å²) < 4.78 is 32.2. The quantitative estimate of drug-likeness (QED) is 0.535. The van der Waals surface area contributed by atoms with Gasteiger partial charge < -0.3 is 19.3 Å². The molecule has 1 N–H and O–H groups in total. The summed E-state index contributed by atoms with van der Waals surface area (Å²) in [5, 5.41) is 8.35. The summed E-state index contributed by atoms with van der Waals surface area (Å²) in [5.41, 5.74) is 3.35. The van der Waals surface area contributed by atoms with Crippen molar-refractivity contribution in [3.63, 3.8) is 0 Å². The fourth-order valence-electron chi connectivity index (χ4n) is 4.37. The van der Waals surface area contributed by atoms with Crippen LogP contribution in [-0.4, -0.2) is 25.4 Å². The van der Waals surface area contributed by atoms with Gasteiger partial charge in [-0.15, -0.1) is 0 Å². The Labute approximate surface area is 176 Å². The van der Waals surface area contributed by atoms with E-state index < -0.39 is 0 Å². The van der Waals surface area contributed by atoms with E-state index in [1.807, 2.05) is 18.2 Å². The zero-order valence-corrected chi connectivity index (χ0v) is 17.9. The Kier molecular flexibility index (Phi) is 6.23. The zero-order chi connectivity index (χ0) is 21.1. The van der Waals surface area contributed by atoms with E-state index in [1.165, 1.54) is 6.07 Å². The van der Waals surface area contributed by atoms with Gasteiger partial charge in [-0.05, 0) is 78.7 Å². The largest absolute Gasteiger partial charge is 0.493 e. The van der Waals surface area contributed by atoms with Crippen LogP contribution in [0.3, 0.4) is 0 Å². The SMILES string of the molecule is CCCc1c(F)cc2onc(Oc3ccc(CC)cc3OC)c2c1C1CCNCC1. The maximum Gasteiger partial charge on any atom is 0.267 e. The molecule has 2 heterocycles. The van der Waals surface area contributed by atoms with E-state index in [-0.39, 0.29) is 11.7 Å². The molecule has 0 aliphatic carbocycles. The van der Waals surface area contributed by atoms with Crippen molar-refractivity contribution in [3.05, 3.63) is 46.8 Å². The summed E-state index contributed by atoms with van der Waals surface area (Å²) in [6.45, 7) is 6.00. The topological polar surface area (TPSA) is 56.5 Å². The molecule has 1 aliphatic rings. The summed E-state index contributed by atoms with van der Waals surface area (Å²) >= 11 is 0. The summed E-state index contributed by atoms with van der Waals surface area (Å²) in [6, 6.07) is 7.31. The number of halogens is 1. The molecule has 0 atom stereocenters. The maximum absolute atomic E-state index is 15.0. The van der Waals surface area contributed by atoms with Gasteiger partial charge in [0.15, 0.2) is 17.1 Å². The van der Waals surface area contributed by atoms with Crippen molar-refractivity contribution in [1.29, 1.82) is 0 Å². The van der Waals surface area contributed by atoms with Crippen molar-refractivity contribution < 1.29 is 18.4 Å². The van der Waals surface area contributed by atoms with Crippen molar-refractivity contribution in [2.45, 2.75) is 51.9 Å². The van der Waals surface area contributed by atoms with E-state index in [0.29, 0.717) is 29.4 Å². The fourth-order valence-corrected chi connectivity index (χ4v) is 4.37. The second-order valence-corrected chi connectivity index (χ2v) is 7.83. The Morgan fingerprint density at radius 3 is 2.67 bits per heavy atom. The number of piperidine rings is 1. The number of benzene rings is 2. The van der Waals surface area contributed by atoms with Crippen LogP contribution in [0.4, 0.5) is 4.39 Å². The first-order chi connectivity index (χ1) is 14.7. The van der Waals surface area contributed by atoms with Gasteiger partial charge in [0, 0.05) is 6.07 Å². The predicted octanol–water partition coefficient (Wildman–Crippen LogP) is 5.75. The van der Waals surface area contributed by atoms with Crippen LogP contribution in [0.5, 0.6) is 17.4 Å². The molecule has 4 rings (SSSR count). The van der Waals surface area contributed by atoms with Crippen LogP contribution in [0.2, 0.25) is 0 Å². The molecule has 1 fully saturated rings. The molecule has 0 unspecified atom stereocenters. The number of ether oxygens (including phenoxy) is 2. The molecular weight excluding hydrogens is 383 g/mol. The van der Waals surface area contributed by atoms with Crippen LogP contribution in [0.1, 0.15) is 55.7 Å². The fraction of sp³-hybridized carbons (Fsp3) is 0.458. The summed E-state index contributed by atoms with van der Waals surface area (Å²) in [5.74, 6) is 1.62. The first-order valence-electron chi connectivity index (χ1n) is 10.8. The van der Waals surface area contributed by atoms with Gasteiger partial charge in [-0.3, -0.25) is 0 Å². The summed E-state index contributed by atoms with van der Waals surface area (Å²) in [7, 11) is 1.62. The molecule has 3 aromatic rings. The van der Waals surface area contributed by atoms with Gasteiger partial charge in [-0.2, -0.15) is 0 Å². The third-order valence-corrected chi connectivity index (χ3v) is 5.92. The average molecular weight is 413 g/mol. The molecule has 5 nitrogen and oxygen atoms in total. The van der Waals surface area contributed by atoms with Crippen LogP contribution in [0.15, 0.2) is 28.8 Å². The van der Waals surface area contributed by atoms with Gasteiger partial charge in [-0.25, -0.2) is 4.39 Å². The number of hydrogen-bond donors (Lipinski definition) is 1. The monoisotopic (exact) mass is 412 g/mol. The Bertz CT molecular complexity index is 1020. The van der Waals surface area contributed by atoms with E-state index in [9.17, 15) is 4.39 Å². The van der Waals surface area contributed by atoms with Crippen molar-refractivity contribution in [3.8, 4) is 17.4 Å². The van der Waals surface area contributed by atoms with Crippen molar-refractivity contribution in [2.75, 3.05) is 20.2 Å². The van der Waals surface area contributed by atoms with E-state index in [0.717, 1.165) is 60.8 Å². The number of rotatable bonds is 7. The highest BCUT2D eigenvalue weighted by atomic mass is 19.1. The third kappa shape index (κ3) is 3.88. The molecule has 2 aromatic carbocycles. The number of nitrogens with zero attached hydrogens (tertiary/aromatic N) is 1. The molecule has 1 aromatic heterocycles. The lowest BCUT2D eigenvalue weighted by Gasteiger charge is -2.26. The maximum atomic E-state index is 15.0. The number of hydrogen-bond acceptors (Lipinski definition) is 5. The minimum Gasteiger partial charge on any atom is -0.493 e. The molecule has 6 heteroatoms. The van der Waals surface area contributed by atoms with E-state index in [2.05, 4.69) is 24.3 Å². The number of fused-ring (bicyclic) bond motifs is 1. The standard InChI is InChI=1S/C24H29FN2O3/c1-4-6-17-18(25)14-21-23(22(17)16-9-11-26-12-10-16)24(27-30-21)29-19-8-7-15(5-2)13-20(19)28-3/h7-8,13-14,16,26H,4-6,9-12H2,1-3H3. The van der Waals surface area contributed by atoms with Crippen LogP contribution in [0, 0.1) is 5.82 Å². The number of aromatic nitrogens is 1. The number of methoxy groups -OCH3 is 1. The summed E-state index contributed by atoms with van der Waals surface area (Å²) in [4.78, 5) is 0. The third-order valence-electron chi connectivity index (χ3n) is 5.92. The van der Waals surface area contributed by atoms with Crippen molar-refractivity contribution in [1.82, 2.24) is 10.5 Å². The molecule has 160 valence electrons. The lowest BCUT2D eigenvalue weighted by molar-refractivity contribution is 0.353. The predicted molar refractivity (Wildman–Crippen MR) is 115 cm³/mol. The number of nitrogens with one attached hydrogen (secondary N) is 1. The highest BCUT2D eigenvalue weighted by molar-refractivity contribution is 5.88. The van der Waals surface area contributed by atoms with Crippen LogP contribution >= 0.6 is 0 Å². The van der Waals surface area contributed by atoms with Gasteiger partial charge in [0.1, 0.15) is 5.82 Å². The van der Waals surface area contributed by atoms with Gasteiger partial charge in [-0.1, -0.05) is 26.3 Å². The highest BCUT2D eigenvalue weighted by Crippen LogP contribution is 2.43. The first-order valence-corrected chi connectivity index (χ1v) is 10.8. The van der Waals surface area contributed by atoms with Gasteiger partial charge >= 0.3 is 0 Å². The Morgan fingerprint density at radius 1 is 1.17 bits per heavy atom. The minimum atomic E-state index is -0.217. The summed E-state index contributed by atoms with van der Waals surface area (Å²) in [6.07, 6.45) is 4.36. The molecular formula is C24H29FN2O3. The van der Waals surface area contributed by atoms with E-state index >= 15 is 0 Å². The molecule has 1 aliphatic heterocycles. The average Bonchev–Trinajstić information content (AvgIpc) is 3.17. The van der Waals surface area contributed by atoms with Crippen molar-refractivity contribution in [2.24, 2.45) is 0 Å². The Hall–Kier alpha value is -2.60. The van der Waals surface area contributed by atoms with E-state index in [4.69, 9.17) is 14.0 Å². The van der Waals surface area contributed by atoms with E-state index in [1.54, 1.807) is 7.11 Å². The minimum absolute atomic E-state index is 0.217. The smallest absolute Gasteiger partial charge is 0.267 e. The molecule has 0 radical (unpaired) electrons. The van der Waals surface area contributed by atoms with Crippen LogP contribution in [0.25, 0.3) is 11.0 Å². The molecule has 0 bridgehead atoms. The zero-order valence-electron chi connectivity index (χ0n) is 17.9. The van der Waals surface area contributed by atoms with Crippen molar-refractivity contribution >= 4 is 11.0 Å². The second-order valence-electron chi connectivity index (χ2n) is 7.83. The molecule has 0 amide bonds. The molecule has 30 heavy (non-hydrogen) atoms. The highest BCUT2D eigenvalue weighted by Gasteiger charge is 2.28. The lowest BCUT2D eigenvalue weighted by atomic mass is 9.83. The molecule has 0 spiro atoms. The Morgan fingerprint density at radius 2 is 1.97 bits per heavy atom. The second kappa shape index (κ2) is 9.04. The normalized spacial score (nSPS) is 14.9. The van der Waals surface area contributed by atoms with Gasteiger partial charge in [0.25, 0.3) is 5.88 Å². The van der Waals surface area contributed by atoms with Crippen LogP contribution < -0.4 is 14.8 Å². The lowest BCUT2D eigenvalue weighted by Crippen LogP contribution is -2.27. The molecule has 1 saturated heterocycles.